The van der Waals surface area contributed by atoms with E-state index < -0.39 is 0 Å². The highest BCUT2D eigenvalue weighted by atomic mass is 79.9. The average molecular weight is 296 g/mol. The zero-order valence-electron chi connectivity index (χ0n) is 9.56. The van der Waals surface area contributed by atoms with Crippen LogP contribution in [-0.2, 0) is 13.1 Å². The van der Waals surface area contributed by atoms with Gasteiger partial charge in [0.1, 0.15) is 5.75 Å². The maximum absolute atomic E-state index is 5.55. The summed E-state index contributed by atoms with van der Waals surface area (Å²) in [5.41, 5.74) is 7.66. The van der Waals surface area contributed by atoms with E-state index in [0.717, 1.165) is 21.3 Å². The smallest absolute Gasteiger partial charge is 0.124 e. The molecular weight excluding hydrogens is 282 g/mol. The lowest BCUT2D eigenvalue weighted by molar-refractivity contribution is 0.407. The van der Waals surface area contributed by atoms with Gasteiger partial charge in [-0.05, 0) is 18.2 Å². The quantitative estimate of drug-likeness (QED) is 0.940. The summed E-state index contributed by atoms with van der Waals surface area (Å²) in [6.07, 6.45) is 3.73. The Kier molecular flexibility index (Phi) is 3.81. The number of halogens is 1. The van der Waals surface area contributed by atoms with Crippen LogP contribution in [0.4, 0.5) is 0 Å². The van der Waals surface area contributed by atoms with E-state index >= 15 is 0 Å². The van der Waals surface area contributed by atoms with E-state index in [1.165, 1.54) is 0 Å². The van der Waals surface area contributed by atoms with Gasteiger partial charge in [0.05, 0.1) is 19.9 Å². The first-order valence-corrected chi connectivity index (χ1v) is 6.06. The highest BCUT2D eigenvalue weighted by molar-refractivity contribution is 9.10. The highest BCUT2D eigenvalue weighted by Crippen LogP contribution is 2.23. The molecule has 2 rings (SSSR count). The van der Waals surface area contributed by atoms with Crippen LogP contribution in [0.3, 0.4) is 0 Å². The average Bonchev–Trinajstić information content (AvgIpc) is 2.77. The zero-order valence-corrected chi connectivity index (χ0v) is 11.1. The van der Waals surface area contributed by atoms with E-state index in [2.05, 4.69) is 21.0 Å². The van der Waals surface area contributed by atoms with E-state index in [9.17, 15) is 0 Å². The largest absolute Gasteiger partial charge is 0.496 e. The lowest BCUT2D eigenvalue weighted by Crippen LogP contribution is -2.02. The number of benzene rings is 1. The Balaban J connectivity index is 2.25. The first kappa shape index (κ1) is 12.1. The predicted molar refractivity (Wildman–Crippen MR) is 69.9 cm³/mol. The molecule has 0 bridgehead atoms. The molecule has 5 heteroatoms. The fourth-order valence-corrected chi connectivity index (χ4v) is 2.05. The van der Waals surface area contributed by atoms with Crippen LogP contribution in [0.25, 0.3) is 0 Å². The van der Waals surface area contributed by atoms with Gasteiger partial charge in [-0.25, -0.2) is 0 Å². The minimum Gasteiger partial charge on any atom is -0.496 e. The molecule has 2 aromatic rings. The maximum atomic E-state index is 5.55. The molecule has 0 saturated carbocycles. The fourth-order valence-electron chi connectivity index (χ4n) is 1.64. The zero-order chi connectivity index (χ0) is 12.3. The van der Waals surface area contributed by atoms with Crippen molar-refractivity contribution in [2.75, 3.05) is 7.11 Å². The molecule has 0 unspecified atom stereocenters. The molecule has 0 aliphatic heterocycles. The van der Waals surface area contributed by atoms with Crippen molar-refractivity contribution in [3.8, 4) is 5.75 Å². The molecule has 1 heterocycles. The number of nitrogens with two attached hydrogens (primary N) is 1. The summed E-state index contributed by atoms with van der Waals surface area (Å²) >= 11 is 3.45. The molecule has 1 aromatic carbocycles. The first-order chi connectivity index (χ1) is 8.22. The molecule has 90 valence electrons. The van der Waals surface area contributed by atoms with Gasteiger partial charge in [-0.1, -0.05) is 15.9 Å². The Hall–Kier alpha value is -1.33. The van der Waals surface area contributed by atoms with Crippen LogP contribution in [-0.4, -0.2) is 16.9 Å². The van der Waals surface area contributed by atoms with Crippen molar-refractivity contribution in [3.63, 3.8) is 0 Å². The summed E-state index contributed by atoms with van der Waals surface area (Å²) < 4.78 is 8.20. The second kappa shape index (κ2) is 5.33. The van der Waals surface area contributed by atoms with Crippen molar-refractivity contribution in [3.05, 3.63) is 46.2 Å². The minimum atomic E-state index is 0.510. The molecule has 1 aromatic heterocycles. The normalized spacial score (nSPS) is 10.5. The molecule has 0 saturated heterocycles. The minimum absolute atomic E-state index is 0.510. The number of methoxy groups -OCH3 is 1. The molecule has 0 atom stereocenters. The molecule has 17 heavy (non-hydrogen) atoms. The van der Waals surface area contributed by atoms with Crippen LogP contribution < -0.4 is 10.5 Å². The molecule has 0 aliphatic carbocycles. The molecule has 2 N–H and O–H groups in total. The van der Waals surface area contributed by atoms with Crippen molar-refractivity contribution in [2.45, 2.75) is 13.1 Å². The van der Waals surface area contributed by atoms with Crippen LogP contribution in [0.5, 0.6) is 5.75 Å². The predicted octanol–water partition coefficient (Wildman–Crippen LogP) is 2.16. The van der Waals surface area contributed by atoms with Gasteiger partial charge in [-0.2, -0.15) is 5.10 Å². The highest BCUT2D eigenvalue weighted by Gasteiger charge is 2.05. The molecular formula is C12H14BrN3O. The van der Waals surface area contributed by atoms with E-state index in [0.29, 0.717) is 13.1 Å². The van der Waals surface area contributed by atoms with Crippen molar-refractivity contribution in [1.82, 2.24) is 9.78 Å². The Morgan fingerprint density at radius 3 is 2.94 bits per heavy atom. The van der Waals surface area contributed by atoms with Crippen molar-refractivity contribution in [2.24, 2.45) is 5.73 Å². The topological polar surface area (TPSA) is 53.1 Å². The number of hydrogen-bond acceptors (Lipinski definition) is 3. The number of nitrogens with zero attached hydrogens (tertiary/aromatic N) is 2. The van der Waals surface area contributed by atoms with Crippen LogP contribution in [0, 0.1) is 0 Å². The third kappa shape index (κ3) is 2.87. The van der Waals surface area contributed by atoms with Crippen LogP contribution in [0.15, 0.2) is 35.1 Å². The lowest BCUT2D eigenvalue weighted by Gasteiger charge is -2.09. The number of aromatic nitrogens is 2. The van der Waals surface area contributed by atoms with Crippen molar-refractivity contribution >= 4 is 15.9 Å². The van der Waals surface area contributed by atoms with Gasteiger partial charge in [0.25, 0.3) is 0 Å². The second-order valence-corrected chi connectivity index (χ2v) is 4.62. The van der Waals surface area contributed by atoms with Gasteiger partial charge < -0.3 is 10.5 Å². The van der Waals surface area contributed by atoms with Gasteiger partial charge in [-0.15, -0.1) is 0 Å². The third-order valence-corrected chi connectivity index (χ3v) is 2.99. The van der Waals surface area contributed by atoms with Crippen molar-refractivity contribution in [1.29, 1.82) is 0 Å². The fraction of sp³-hybridized carbons (Fsp3) is 0.250. The van der Waals surface area contributed by atoms with E-state index in [4.69, 9.17) is 10.5 Å². The van der Waals surface area contributed by atoms with E-state index in [1.54, 1.807) is 13.3 Å². The van der Waals surface area contributed by atoms with Crippen molar-refractivity contribution < 1.29 is 4.74 Å². The van der Waals surface area contributed by atoms with Gasteiger partial charge in [0.2, 0.25) is 0 Å². The third-order valence-electron chi connectivity index (χ3n) is 2.50. The number of ether oxygens (including phenoxy) is 1. The molecule has 0 fully saturated rings. The Labute approximate surface area is 109 Å². The lowest BCUT2D eigenvalue weighted by atomic mass is 10.2. The summed E-state index contributed by atoms with van der Waals surface area (Å²) in [7, 11) is 1.67. The SMILES string of the molecule is COc1ccc(Br)cc1Cn1cc(CN)cn1. The van der Waals surface area contributed by atoms with Gasteiger partial charge in [0.15, 0.2) is 0 Å². The number of rotatable bonds is 4. The summed E-state index contributed by atoms with van der Waals surface area (Å²) in [4.78, 5) is 0. The summed E-state index contributed by atoms with van der Waals surface area (Å²) in [5, 5.41) is 4.25. The van der Waals surface area contributed by atoms with Crippen LogP contribution in [0.1, 0.15) is 11.1 Å². The molecule has 0 aliphatic rings. The van der Waals surface area contributed by atoms with Crippen LogP contribution in [0.2, 0.25) is 0 Å². The monoisotopic (exact) mass is 295 g/mol. The van der Waals surface area contributed by atoms with E-state index in [1.807, 2.05) is 29.1 Å². The molecule has 0 amide bonds. The Morgan fingerprint density at radius 1 is 1.47 bits per heavy atom. The summed E-state index contributed by atoms with van der Waals surface area (Å²) in [6.45, 7) is 1.18. The summed E-state index contributed by atoms with van der Waals surface area (Å²) in [5.74, 6) is 0.859. The van der Waals surface area contributed by atoms with Gasteiger partial charge in [-0.3, -0.25) is 4.68 Å². The summed E-state index contributed by atoms with van der Waals surface area (Å²) in [6, 6.07) is 5.92. The Morgan fingerprint density at radius 2 is 2.29 bits per heavy atom. The van der Waals surface area contributed by atoms with Crippen LogP contribution >= 0.6 is 15.9 Å². The molecule has 0 spiro atoms. The molecule has 0 radical (unpaired) electrons. The van der Waals surface area contributed by atoms with Gasteiger partial charge in [0, 0.05) is 28.3 Å². The standard InChI is InChI=1S/C12H14BrN3O/c1-17-12-3-2-11(13)4-10(12)8-16-7-9(5-14)6-15-16/h2-4,6-7H,5,8,14H2,1H3. The first-order valence-electron chi connectivity index (χ1n) is 5.26. The molecule has 4 nitrogen and oxygen atoms in total. The number of hydrogen-bond donors (Lipinski definition) is 1. The Bertz CT molecular complexity index is 510. The second-order valence-electron chi connectivity index (χ2n) is 3.71. The maximum Gasteiger partial charge on any atom is 0.124 e. The van der Waals surface area contributed by atoms with Gasteiger partial charge >= 0.3 is 0 Å². The van der Waals surface area contributed by atoms with E-state index in [-0.39, 0.29) is 0 Å².